The zero-order valence-corrected chi connectivity index (χ0v) is 13.5. The average molecular weight is 347 g/mol. The minimum Gasteiger partial charge on any atom is -0.480 e. The summed E-state index contributed by atoms with van der Waals surface area (Å²) in [5.41, 5.74) is 1.41. The van der Waals surface area contributed by atoms with E-state index in [2.05, 4.69) is 5.32 Å². The van der Waals surface area contributed by atoms with Crippen molar-refractivity contribution in [1.82, 2.24) is 5.32 Å². The summed E-state index contributed by atoms with van der Waals surface area (Å²) in [4.78, 5) is 23.3. The zero-order valence-electron chi connectivity index (χ0n) is 13.5. The Balaban J connectivity index is 1.82. The van der Waals surface area contributed by atoms with Crippen molar-refractivity contribution in [2.75, 3.05) is 0 Å². The molecule has 0 aromatic heterocycles. The van der Waals surface area contributed by atoms with Gasteiger partial charge in [-0.2, -0.15) is 0 Å². The molecule has 0 bridgehead atoms. The third-order valence-corrected chi connectivity index (χ3v) is 3.77. The first-order valence-corrected chi connectivity index (χ1v) is 7.95. The van der Waals surface area contributed by atoms with E-state index in [9.17, 15) is 23.5 Å². The molecule has 0 saturated carbocycles. The van der Waals surface area contributed by atoms with E-state index >= 15 is 0 Å². The van der Waals surface area contributed by atoms with E-state index in [1.54, 1.807) is 24.3 Å². The van der Waals surface area contributed by atoms with Gasteiger partial charge in [-0.1, -0.05) is 36.4 Å². The fraction of sp³-hybridized carbons (Fsp3) is 0.263. The van der Waals surface area contributed by atoms with Crippen LogP contribution < -0.4 is 5.32 Å². The second-order valence-corrected chi connectivity index (χ2v) is 5.75. The Labute approximate surface area is 144 Å². The van der Waals surface area contributed by atoms with Crippen LogP contribution in [0.2, 0.25) is 0 Å². The van der Waals surface area contributed by atoms with E-state index in [0.717, 1.165) is 17.7 Å². The summed E-state index contributed by atoms with van der Waals surface area (Å²) in [7, 11) is 0. The Bertz CT molecular complexity index is 735. The fourth-order valence-electron chi connectivity index (χ4n) is 2.46. The number of nitrogens with one attached hydrogen (secondary N) is 1. The van der Waals surface area contributed by atoms with Crippen molar-refractivity contribution in [3.63, 3.8) is 0 Å². The highest BCUT2D eigenvalue weighted by Crippen LogP contribution is 2.11. The lowest BCUT2D eigenvalue weighted by Crippen LogP contribution is -2.42. The quantitative estimate of drug-likeness (QED) is 0.771. The molecule has 1 unspecified atom stereocenters. The van der Waals surface area contributed by atoms with E-state index in [4.69, 9.17) is 0 Å². The molecule has 2 aromatic rings. The molecule has 0 heterocycles. The average Bonchev–Trinajstić information content (AvgIpc) is 2.58. The van der Waals surface area contributed by atoms with Crippen molar-refractivity contribution in [1.29, 1.82) is 0 Å². The van der Waals surface area contributed by atoms with Gasteiger partial charge in [-0.25, -0.2) is 13.6 Å². The van der Waals surface area contributed by atoms with Gasteiger partial charge < -0.3 is 10.4 Å². The van der Waals surface area contributed by atoms with Gasteiger partial charge in [0.15, 0.2) is 11.6 Å². The third kappa shape index (κ3) is 5.99. The van der Waals surface area contributed by atoms with Crippen LogP contribution in [0.1, 0.15) is 24.0 Å². The number of hydrogen-bond donors (Lipinski definition) is 2. The summed E-state index contributed by atoms with van der Waals surface area (Å²) in [6.07, 6.45) is 1.12. The molecule has 25 heavy (non-hydrogen) atoms. The van der Waals surface area contributed by atoms with Gasteiger partial charge in [-0.3, -0.25) is 4.79 Å². The number of aliphatic carboxylic acids is 1. The molecule has 132 valence electrons. The lowest BCUT2D eigenvalue weighted by atomic mass is 10.0. The van der Waals surface area contributed by atoms with E-state index in [1.807, 2.05) is 6.07 Å². The number of aryl methyl sites for hydroxylation is 1. The first kappa shape index (κ1) is 18.6. The molecule has 0 aliphatic heterocycles. The number of carbonyl (C=O) groups is 2. The predicted molar refractivity (Wildman–Crippen MR) is 89.0 cm³/mol. The lowest BCUT2D eigenvalue weighted by molar-refractivity contribution is -0.141. The van der Waals surface area contributed by atoms with Crippen molar-refractivity contribution in [3.8, 4) is 0 Å². The van der Waals surface area contributed by atoms with Gasteiger partial charge in [0, 0.05) is 12.8 Å². The monoisotopic (exact) mass is 347 g/mol. The minimum absolute atomic E-state index is 0.109. The van der Waals surface area contributed by atoms with E-state index < -0.39 is 23.6 Å². The van der Waals surface area contributed by atoms with Crippen LogP contribution in [-0.2, 0) is 22.4 Å². The van der Waals surface area contributed by atoms with E-state index in [1.165, 1.54) is 6.07 Å². The first-order chi connectivity index (χ1) is 12.0. The van der Waals surface area contributed by atoms with E-state index in [-0.39, 0.29) is 18.7 Å². The molecule has 4 nitrogen and oxygen atoms in total. The highest BCUT2D eigenvalue weighted by Gasteiger charge is 2.20. The van der Waals surface area contributed by atoms with Crippen LogP contribution in [-0.4, -0.2) is 23.0 Å². The van der Waals surface area contributed by atoms with Crippen molar-refractivity contribution in [3.05, 3.63) is 71.3 Å². The second kappa shape index (κ2) is 8.92. The molecule has 6 heteroatoms. The maximum atomic E-state index is 13.1. The summed E-state index contributed by atoms with van der Waals surface area (Å²) in [5.74, 6) is -3.31. The smallest absolute Gasteiger partial charge is 0.326 e. The molecule has 2 N–H and O–H groups in total. The molecule has 0 aliphatic rings. The molecule has 0 saturated heterocycles. The molecule has 0 radical (unpaired) electrons. The lowest BCUT2D eigenvalue weighted by Gasteiger charge is -2.14. The molecule has 1 atom stereocenters. The molecule has 0 fully saturated rings. The predicted octanol–water partition coefficient (Wildman–Crippen LogP) is 3.10. The van der Waals surface area contributed by atoms with E-state index in [0.29, 0.717) is 18.4 Å². The number of carboxylic acids is 1. The van der Waals surface area contributed by atoms with Crippen LogP contribution >= 0.6 is 0 Å². The Morgan fingerprint density at radius 3 is 2.36 bits per heavy atom. The summed E-state index contributed by atoms with van der Waals surface area (Å²) >= 11 is 0. The fourth-order valence-corrected chi connectivity index (χ4v) is 2.46. The minimum atomic E-state index is -1.10. The van der Waals surface area contributed by atoms with Crippen molar-refractivity contribution >= 4 is 11.9 Å². The molecule has 2 aromatic carbocycles. The standard InChI is InChI=1S/C19H19F2NO3/c20-15-10-9-14(11-16(15)21)7-4-8-18(23)22-17(19(24)25)12-13-5-2-1-3-6-13/h1-3,5-6,9-11,17H,4,7-8,12H2,(H,22,23)(H,24,25). The number of rotatable bonds is 8. The van der Waals surface area contributed by atoms with Gasteiger partial charge in [0.1, 0.15) is 6.04 Å². The van der Waals surface area contributed by atoms with Gasteiger partial charge in [0.25, 0.3) is 0 Å². The summed E-state index contributed by atoms with van der Waals surface area (Å²) in [6, 6.07) is 11.6. The summed E-state index contributed by atoms with van der Waals surface area (Å²) in [6.45, 7) is 0. The molecular weight excluding hydrogens is 328 g/mol. The topological polar surface area (TPSA) is 66.4 Å². The third-order valence-electron chi connectivity index (χ3n) is 3.77. The molecular formula is C19H19F2NO3. The number of halogens is 2. The van der Waals surface area contributed by atoms with Gasteiger partial charge in [-0.05, 0) is 36.1 Å². The summed E-state index contributed by atoms with van der Waals surface area (Å²) in [5, 5.41) is 11.8. The van der Waals surface area contributed by atoms with Crippen molar-refractivity contribution in [2.45, 2.75) is 31.7 Å². The molecule has 2 rings (SSSR count). The maximum Gasteiger partial charge on any atom is 0.326 e. The van der Waals surface area contributed by atoms with Crippen LogP contribution in [0.15, 0.2) is 48.5 Å². The van der Waals surface area contributed by atoms with Gasteiger partial charge in [-0.15, -0.1) is 0 Å². The Morgan fingerprint density at radius 1 is 1.00 bits per heavy atom. The zero-order chi connectivity index (χ0) is 18.2. The number of carboxylic acid groups (broad SMARTS) is 1. The SMILES string of the molecule is O=C(CCCc1ccc(F)c(F)c1)NC(Cc1ccccc1)C(=O)O. The first-order valence-electron chi connectivity index (χ1n) is 7.95. The Hall–Kier alpha value is -2.76. The van der Waals surface area contributed by atoms with Crippen molar-refractivity contribution in [2.24, 2.45) is 0 Å². The number of carbonyl (C=O) groups excluding carboxylic acids is 1. The highest BCUT2D eigenvalue weighted by atomic mass is 19.2. The van der Waals surface area contributed by atoms with Crippen LogP contribution in [0, 0.1) is 11.6 Å². The summed E-state index contributed by atoms with van der Waals surface area (Å²) < 4.78 is 26.0. The number of amides is 1. The second-order valence-electron chi connectivity index (χ2n) is 5.75. The highest BCUT2D eigenvalue weighted by molar-refractivity contribution is 5.83. The van der Waals surface area contributed by atoms with Gasteiger partial charge in [0.05, 0.1) is 0 Å². The largest absolute Gasteiger partial charge is 0.480 e. The van der Waals surface area contributed by atoms with Crippen LogP contribution in [0.3, 0.4) is 0 Å². The number of hydrogen-bond acceptors (Lipinski definition) is 2. The van der Waals surface area contributed by atoms with Crippen LogP contribution in [0.4, 0.5) is 8.78 Å². The van der Waals surface area contributed by atoms with Gasteiger partial charge >= 0.3 is 5.97 Å². The Kier molecular flexibility index (Phi) is 6.62. The molecule has 0 spiro atoms. The van der Waals surface area contributed by atoms with Gasteiger partial charge in [0.2, 0.25) is 5.91 Å². The molecule has 1 amide bonds. The van der Waals surface area contributed by atoms with Crippen molar-refractivity contribution < 1.29 is 23.5 Å². The normalized spacial score (nSPS) is 11.8. The maximum absolute atomic E-state index is 13.1. The van der Waals surface area contributed by atoms with Crippen LogP contribution in [0.5, 0.6) is 0 Å². The molecule has 0 aliphatic carbocycles. The Morgan fingerprint density at radius 2 is 1.72 bits per heavy atom. The van der Waals surface area contributed by atoms with Crippen LogP contribution in [0.25, 0.3) is 0 Å². The number of benzene rings is 2.